The van der Waals surface area contributed by atoms with Crippen LogP contribution in [-0.2, 0) is 17.6 Å². The van der Waals surface area contributed by atoms with Crippen LogP contribution in [0.5, 0.6) is 0 Å². The second kappa shape index (κ2) is 7.75. The van der Waals surface area contributed by atoms with Crippen molar-refractivity contribution in [2.75, 3.05) is 5.32 Å². The van der Waals surface area contributed by atoms with Crippen LogP contribution in [0.3, 0.4) is 0 Å². The Hall–Kier alpha value is -2.38. The Morgan fingerprint density at radius 1 is 1.26 bits per heavy atom. The van der Waals surface area contributed by atoms with Crippen LogP contribution in [-0.4, -0.2) is 5.91 Å². The van der Waals surface area contributed by atoms with Gasteiger partial charge in [0.2, 0.25) is 0 Å². The normalized spacial score (nSPS) is 11.1. The summed E-state index contributed by atoms with van der Waals surface area (Å²) < 4.78 is 0. The highest BCUT2D eigenvalue weighted by Gasteiger charge is 2.14. The molecule has 0 saturated heterocycles. The topological polar surface area (TPSA) is 52.9 Å². The van der Waals surface area contributed by atoms with Crippen LogP contribution in [0.15, 0.2) is 35.2 Å². The lowest BCUT2D eigenvalue weighted by atomic mass is 10.0. The van der Waals surface area contributed by atoms with E-state index in [4.69, 9.17) is 0 Å². The molecular formula is C19H20N2OS. The van der Waals surface area contributed by atoms with Crippen LogP contribution in [0, 0.1) is 18.3 Å². The summed E-state index contributed by atoms with van der Waals surface area (Å²) in [6, 6.07) is 10.0. The average molecular weight is 324 g/mol. The Morgan fingerprint density at radius 2 is 1.91 bits per heavy atom. The summed E-state index contributed by atoms with van der Waals surface area (Å²) in [5.41, 5.74) is 4.21. The molecule has 3 nitrogen and oxygen atoms in total. The number of aryl methyl sites for hydroxylation is 3. The number of amides is 1. The van der Waals surface area contributed by atoms with E-state index in [0.717, 1.165) is 40.1 Å². The number of hydrogen-bond donors (Lipinski definition) is 1. The largest absolute Gasteiger partial charge is 0.321 e. The van der Waals surface area contributed by atoms with Crippen molar-refractivity contribution >= 4 is 29.0 Å². The number of carbonyl (C=O) groups excluding carboxylic acids is 1. The van der Waals surface area contributed by atoms with E-state index in [2.05, 4.69) is 19.2 Å². The highest BCUT2D eigenvalue weighted by Crippen LogP contribution is 2.24. The molecule has 0 atom stereocenters. The summed E-state index contributed by atoms with van der Waals surface area (Å²) in [4.78, 5) is 13.5. The van der Waals surface area contributed by atoms with Crippen molar-refractivity contribution in [3.63, 3.8) is 0 Å². The van der Waals surface area contributed by atoms with Crippen LogP contribution in [0.25, 0.3) is 6.08 Å². The van der Waals surface area contributed by atoms with Crippen LogP contribution in [0.4, 0.5) is 5.69 Å². The van der Waals surface area contributed by atoms with Gasteiger partial charge in [-0.05, 0) is 54.0 Å². The van der Waals surface area contributed by atoms with Crippen LogP contribution >= 0.6 is 11.3 Å². The molecule has 0 aliphatic heterocycles. The van der Waals surface area contributed by atoms with E-state index in [-0.39, 0.29) is 11.5 Å². The first kappa shape index (κ1) is 17.0. The first-order valence-electron chi connectivity index (χ1n) is 7.68. The van der Waals surface area contributed by atoms with Gasteiger partial charge in [-0.15, -0.1) is 11.3 Å². The van der Waals surface area contributed by atoms with Gasteiger partial charge >= 0.3 is 0 Å². The molecular weight excluding hydrogens is 304 g/mol. The molecule has 1 heterocycles. The van der Waals surface area contributed by atoms with Crippen molar-refractivity contribution in [3.05, 3.63) is 56.8 Å². The number of anilines is 1. The minimum Gasteiger partial charge on any atom is -0.321 e. The van der Waals surface area contributed by atoms with Gasteiger partial charge in [-0.1, -0.05) is 32.0 Å². The fourth-order valence-corrected chi connectivity index (χ4v) is 3.25. The standard InChI is InChI=1S/C19H20N2OS/c1-4-14-7-6-8-15(5-2)18(14)21-19(22)16(12-20)11-17-13(3)9-10-23-17/h6-11H,4-5H2,1-3H3,(H,21,22). The third-order valence-electron chi connectivity index (χ3n) is 3.78. The monoisotopic (exact) mass is 324 g/mol. The van der Waals surface area contributed by atoms with E-state index in [1.54, 1.807) is 6.08 Å². The Bertz CT molecular complexity index is 759. The molecule has 0 bridgehead atoms. The van der Waals surface area contributed by atoms with Gasteiger partial charge < -0.3 is 5.32 Å². The molecule has 1 N–H and O–H groups in total. The Morgan fingerprint density at radius 3 is 2.39 bits per heavy atom. The van der Waals surface area contributed by atoms with Gasteiger partial charge in [0, 0.05) is 10.6 Å². The molecule has 0 unspecified atom stereocenters. The van der Waals surface area contributed by atoms with Gasteiger partial charge in [-0.3, -0.25) is 4.79 Å². The Labute approximate surface area is 141 Å². The average Bonchev–Trinajstić information content (AvgIpc) is 2.97. The predicted molar refractivity (Wildman–Crippen MR) is 96.5 cm³/mol. The summed E-state index contributed by atoms with van der Waals surface area (Å²) in [5.74, 6) is -0.351. The van der Waals surface area contributed by atoms with Gasteiger partial charge in [0.1, 0.15) is 11.6 Å². The fraction of sp³-hybridized carbons (Fsp3) is 0.263. The molecule has 0 radical (unpaired) electrons. The first-order chi connectivity index (χ1) is 11.1. The number of nitrogens with zero attached hydrogens (tertiary/aromatic N) is 1. The maximum absolute atomic E-state index is 12.5. The first-order valence-corrected chi connectivity index (χ1v) is 8.56. The minimum absolute atomic E-state index is 0.128. The number of para-hydroxylation sites is 1. The number of nitriles is 1. The van der Waals surface area contributed by atoms with E-state index in [0.29, 0.717) is 0 Å². The number of rotatable bonds is 5. The zero-order valence-electron chi connectivity index (χ0n) is 13.6. The Kier molecular flexibility index (Phi) is 5.72. The van der Waals surface area contributed by atoms with E-state index < -0.39 is 0 Å². The maximum atomic E-state index is 12.5. The third-order valence-corrected chi connectivity index (χ3v) is 4.75. The zero-order valence-corrected chi connectivity index (χ0v) is 14.5. The van der Waals surface area contributed by atoms with E-state index >= 15 is 0 Å². The molecule has 2 aromatic rings. The van der Waals surface area contributed by atoms with Gasteiger partial charge in [0.15, 0.2) is 0 Å². The van der Waals surface area contributed by atoms with E-state index in [9.17, 15) is 10.1 Å². The molecule has 0 fully saturated rings. The quantitative estimate of drug-likeness (QED) is 0.638. The molecule has 0 aliphatic carbocycles. The number of benzene rings is 1. The summed E-state index contributed by atoms with van der Waals surface area (Å²) in [5, 5.41) is 14.2. The highest BCUT2D eigenvalue weighted by atomic mass is 32.1. The molecule has 2 rings (SSSR count). The van der Waals surface area contributed by atoms with Gasteiger partial charge in [0.25, 0.3) is 5.91 Å². The molecule has 0 spiro atoms. The van der Waals surface area contributed by atoms with Crippen molar-refractivity contribution in [1.29, 1.82) is 5.26 Å². The number of hydrogen-bond acceptors (Lipinski definition) is 3. The molecule has 1 amide bonds. The lowest BCUT2D eigenvalue weighted by molar-refractivity contribution is -0.112. The highest BCUT2D eigenvalue weighted by molar-refractivity contribution is 7.11. The van der Waals surface area contributed by atoms with Crippen molar-refractivity contribution in [1.82, 2.24) is 0 Å². The van der Waals surface area contributed by atoms with Gasteiger partial charge in [-0.2, -0.15) is 5.26 Å². The summed E-state index contributed by atoms with van der Waals surface area (Å²) in [7, 11) is 0. The fourth-order valence-electron chi connectivity index (χ4n) is 2.40. The lowest BCUT2D eigenvalue weighted by Gasteiger charge is -2.14. The van der Waals surface area contributed by atoms with Crippen molar-refractivity contribution in [3.8, 4) is 6.07 Å². The van der Waals surface area contributed by atoms with E-state index in [1.807, 2.05) is 42.6 Å². The lowest BCUT2D eigenvalue weighted by Crippen LogP contribution is -2.16. The van der Waals surface area contributed by atoms with Crippen LogP contribution in [0.1, 0.15) is 35.4 Å². The predicted octanol–water partition coefficient (Wildman–Crippen LogP) is 4.73. The van der Waals surface area contributed by atoms with E-state index in [1.165, 1.54) is 11.3 Å². The summed E-state index contributed by atoms with van der Waals surface area (Å²) in [6.07, 6.45) is 3.33. The smallest absolute Gasteiger partial charge is 0.266 e. The summed E-state index contributed by atoms with van der Waals surface area (Å²) >= 11 is 1.52. The second-order valence-corrected chi connectivity index (χ2v) is 6.20. The van der Waals surface area contributed by atoms with Crippen LogP contribution in [0.2, 0.25) is 0 Å². The molecule has 118 valence electrons. The molecule has 1 aromatic heterocycles. The third kappa shape index (κ3) is 3.88. The number of carbonyl (C=O) groups is 1. The van der Waals surface area contributed by atoms with Crippen molar-refractivity contribution in [2.24, 2.45) is 0 Å². The van der Waals surface area contributed by atoms with Crippen molar-refractivity contribution in [2.45, 2.75) is 33.6 Å². The zero-order chi connectivity index (χ0) is 16.8. The SMILES string of the molecule is CCc1cccc(CC)c1NC(=O)C(C#N)=Cc1sccc1C. The molecule has 1 aromatic carbocycles. The summed E-state index contributed by atoms with van der Waals surface area (Å²) in [6.45, 7) is 6.08. The van der Waals surface area contributed by atoms with Gasteiger partial charge in [-0.25, -0.2) is 0 Å². The maximum Gasteiger partial charge on any atom is 0.266 e. The number of thiophene rings is 1. The Balaban J connectivity index is 2.33. The molecule has 0 saturated carbocycles. The molecule has 4 heteroatoms. The van der Waals surface area contributed by atoms with Crippen molar-refractivity contribution < 1.29 is 4.79 Å². The second-order valence-electron chi connectivity index (χ2n) is 5.25. The molecule has 0 aliphatic rings. The number of nitrogens with one attached hydrogen (secondary N) is 1. The minimum atomic E-state index is -0.351. The van der Waals surface area contributed by atoms with Gasteiger partial charge in [0.05, 0.1) is 0 Å². The van der Waals surface area contributed by atoms with Crippen LogP contribution < -0.4 is 5.32 Å². The molecule has 23 heavy (non-hydrogen) atoms.